The predicted molar refractivity (Wildman–Crippen MR) is 50.0 cm³/mol. The molecular formula is C10H16F3N. The molecule has 0 N–H and O–H groups in total. The standard InChI is InChI=1S/C10H16F3N/c1-2-3-6-14-7-4-9(5-8-14)10(11,12)13/h2,9H,1,3-8H2. The van der Waals surface area contributed by atoms with Gasteiger partial charge in [-0.05, 0) is 32.4 Å². The van der Waals surface area contributed by atoms with Gasteiger partial charge >= 0.3 is 6.18 Å². The average molecular weight is 207 g/mol. The van der Waals surface area contributed by atoms with E-state index >= 15 is 0 Å². The molecule has 0 radical (unpaired) electrons. The Hall–Kier alpha value is -0.510. The van der Waals surface area contributed by atoms with Crippen LogP contribution in [0.5, 0.6) is 0 Å². The molecule has 14 heavy (non-hydrogen) atoms. The smallest absolute Gasteiger partial charge is 0.303 e. The zero-order chi connectivity index (χ0) is 10.6. The lowest BCUT2D eigenvalue weighted by atomic mass is 9.96. The summed E-state index contributed by atoms with van der Waals surface area (Å²) in [5.74, 6) is -1.08. The number of rotatable bonds is 3. The van der Waals surface area contributed by atoms with Crippen LogP contribution in [0.4, 0.5) is 13.2 Å². The fourth-order valence-electron chi connectivity index (χ4n) is 1.76. The molecule has 1 saturated heterocycles. The van der Waals surface area contributed by atoms with Crippen LogP contribution < -0.4 is 0 Å². The number of likely N-dealkylation sites (tertiary alicyclic amines) is 1. The van der Waals surface area contributed by atoms with E-state index in [1.165, 1.54) is 0 Å². The fourth-order valence-corrected chi connectivity index (χ4v) is 1.76. The molecule has 82 valence electrons. The highest BCUT2D eigenvalue weighted by molar-refractivity contribution is 4.78. The first-order valence-electron chi connectivity index (χ1n) is 4.94. The van der Waals surface area contributed by atoms with Crippen molar-refractivity contribution in [2.45, 2.75) is 25.4 Å². The Kier molecular flexibility index (Phi) is 3.98. The molecule has 0 unspecified atom stereocenters. The second-order valence-electron chi connectivity index (χ2n) is 3.73. The average Bonchev–Trinajstić information content (AvgIpc) is 2.14. The Morgan fingerprint density at radius 1 is 1.29 bits per heavy atom. The summed E-state index contributed by atoms with van der Waals surface area (Å²) in [7, 11) is 0. The minimum absolute atomic E-state index is 0.251. The van der Waals surface area contributed by atoms with Crippen LogP contribution in [0, 0.1) is 5.92 Å². The van der Waals surface area contributed by atoms with Gasteiger partial charge in [0.1, 0.15) is 0 Å². The van der Waals surface area contributed by atoms with Crippen LogP contribution in [-0.2, 0) is 0 Å². The van der Waals surface area contributed by atoms with E-state index in [9.17, 15) is 13.2 Å². The van der Waals surface area contributed by atoms with Crippen LogP contribution in [-0.4, -0.2) is 30.7 Å². The van der Waals surface area contributed by atoms with Crippen molar-refractivity contribution in [2.24, 2.45) is 5.92 Å². The Bertz CT molecular complexity index is 180. The highest BCUT2D eigenvalue weighted by atomic mass is 19.4. The third-order valence-corrected chi connectivity index (χ3v) is 2.70. The van der Waals surface area contributed by atoms with E-state index in [0.29, 0.717) is 13.1 Å². The topological polar surface area (TPSA) is 3.24 Å². The summed E-state index contributed by atoms with van der Waals surface area (Å²) in [6.07, 6.45) is -0.835. The summed E-state index contributed by atoms with van der Waals surface area (Å²) in [5, 5.41) is 0. The molecule has 0 saturated carbocycles. The van der Waals surface area contributed by atoms with Gasteiger partial charge in [-0.3, -0.25) is 0 Å². The van der Waals surface area contributed by atoms with Crippen molar-refractivity contribution in [3.05, 3.63) is 12.7 Å². The van der Waals surface area contributed by atoms with Gasteiger partial charge in [0.15, 0.2) is 0 Å². The first-order valence-corrected chi connectivity index (χ1v) is 4.94. The van der Waals surface area contributed by atoms with E-state index < -0.39 is 12.1 Å². The van der Waals surface area contributed by atoms with E-state index in [1.807, 2.05) is 0 Å². The Labute approximate surface area is 82.6 Å². The minimum atomic E-state index is -4.00. The van der Waals surface area contributed by atoms with Crippen molar-refractivity contribution in [1.29, 1.82) is 0 Å². The lowest BCUT2D eigenvalue weighted by molar-refractivity contribution is -0.184. The Morgan fingerprint density at radius 2 is 1.86 bits per heavy atom. The van der Waals surface area contributed by atoms with Crippen molar-refractivity contribution in [3.63, 3.8) is 0 Å². The van der Waals surface area contributed by atoms with Crippen LogP contribution in [0.2, 0.25) is 0 Å². The second kappa shape index (κ2) is 4.82. The van der Waals surface area contributed by atoms with Crippen LogP contribution in [0.15, 0.2) is 12.7 Å². The molecule has 1 rings (SSSR count). The molecule has 0 spiro atoms. The number of piperidine rings is 1. The molecule has 0 amide bonds. The molecule has 0 aliphatic carbocycles. The van der Waals surface area contributed by atoms with Crippen LogP contribution in [0.25, 0.3) is 0 Å². The first kappa shape index (κ1) is 11.6. The van der Waals surface area contributed by atoms with Crippen molar-refractivity contribution in [3.8, 4) is 0 Å². The molecule has 0 atom stereocenters. The molecule has 1 aliphatic heterocycles. The van der Waals surface area contributed by atoms with Gasteiger partial charge in [-0.2, -0.15) is 13.2 Å². The summed E-state index contributed by atoms with van der Waals surface area (Å²) >= 11 is 0. The summed E-state index contributed by atoms with van der Waals surface area (Å²) in [6, 6.07) is 0. The van der Waals surface area contributed by atoms with Gasteiger partial charge in [0.2, 0.25) is 0 Å². The second-order valence-corrected chi connectivity index (χ2v) is 3.73. The Morgan fingerprint density at radius 3 is 2.29 bits per heavy atom. The van der Waals surface area contributed by atoms with Crippen LogP contribution in [0.3, 0.4) is 0 Å². The van der Waals surface area contributed by atoms with Crippen LogP contribution >= 0.6 is 0 Å². The molecule has 1 nitrogen and oxygen atoms in total. The summed E-state index contributed by atoms with van der Waals surface area (Å²) < 4.78 is 36.9. The van der Waals surface area contributed by atoms with Crippen molar-refractivity contribution in [2.75, 3.05) is 19.6 Å². The van der Waals surface area contributed by atoms with E-state index in [0.717, 1.165) is 13.0 Å². The number of alkyl halides is 3. The van der Waals surface area contributed by atoms with E-state index in [4.69, 9.17) is 0 Å². The lowest BCUT2D eigenvalue weighted by Crippen LogP contribution is -2.39. The van der Waals surface area contributed by atoms with Gasteiger partial charge < -0.3 is 4.90 Å². The van der Waals surface area contributed by atoms with Gasteiger partial charge in [-0.25, -0.2) is 0 Å². The first-order chi connectivity index (χ1) is 6.54. The normalized spacial score (nSPS) is 21.1. The maximum absolute atomic E-state index is 12.3. The van der Waals surface area contributed by atoms with Gasteiger partial charge in [0.25, 0.3) is 0 Å². The summed E-state index contributed by atoms with van der Waals surface area (Å²) in [5.41, 5.74) is 0. The maximum Gasteiger partial charge on any atom is 0.391 e. The van der Waals surface area contributed by atoms with Gasteiger partial charge in [-0.1, -0.05) is 6.08 Å². The van der Waals surface area contributed by atoms with Crippen LogP contribution in [0.1, 0.15) is 19.3 Å². The highest BCUT2D eigenvalue weighted by Gasteiger charge is 2.40. The van der Waals surface area contributed by atoms with Gasteiger partial charge in [0.05, 0.1) is 5.92 Å². The van der Waals surface area contributed by atoms with Gasteiger partial charge in [0, 0.05) is 6.54 Å². The van der Waals surface area contributed by atoms with E-state index in [1.54, 1.807) is 6.08 Å². The highest BCUT2D eigenvalue weighted by Crippen LogP contribution is 2.33. The number of hydrogen-bond acceptors (Lipinski definition) is 1. The zero-order valence-corrected chi connectivity index (χ0v) is 8.19. The van der Waals surface area contributed by atoms with Gasteiger partial charge in [-0.15, -0.1) is 6.58 Å². The summed E-state index contributed by atoms with van der Waals surface area (Å²) in [4.78, 5) is 2.07. The minimum Gasteiger partial charge on any atom is -0.303 e. The molecular weight excluding hydrogens is 191 g/mol. The third kappa shape index (κ3) is 3.33. The predicted octanol–water partition coefficient (Wildman–Crippen LogP) is 2.84. The zero-order valence-electron chi connectivity index (χ0n) is 8.19. The quantitative estimate of drug-likeness (QED) is 0.643. The Balaban J connectivity index is 2.27. The molecule has 0 aromatic rings. The number of hydrogen-bond donors (Lipinski definition) is 0. The van der Waals surface area contributed by atoms with Crippen molar-refractivity contribution < 1.29 is 13.2 Å². The SMILES string of the molecule is C=CCCN1CCC(C(F)(F)F)CC1. The number of nitrogens with zero attached hydrogens (tertiary/aromatic N) is 1. The lowest BCUT2D eigenvalue weighted by Gasteiger charge is -2.32. The van der Waals surface area contributed by atoms with Crippen molar-refractivity contribution >= 4 is 0 Å². The molecule has 0 aromatic heterocycles. The molecule has 1 fully saturated rings. The van der Waals surface area contributed by atoms with E-state index in [2.05, 4.69) is 11.5 Å². The largest absolute Gasteiger partial charge is 0.391 e. The third-order valence-electron chi connectivity index (χ3n) is 2.70. The number of halogens is 3. The monoisotopic (exact) mass is 207 g/mol. The van der Waals surface area contributed by atoms with Crippen molar-refractivity contribution in [1.82, 2.24) is 4.90 Å². The molecule has 1 aliphatic rings. The van der Waals surface area contributed by atoms with E-state index in [-0.39, 0.29) is 12.8 Å². The fraction of sp³-hybridized carbons (Fsp3) is 0.800. The summed E-state index contributed by atoms with van der Waals surface area (Å²) in [6.45, 7) is 5.57. The molecule has 0 aromatic carbocycles. The molecule has 1 heterocycles. The maximum atomic E-state index is 12.3. The molecule has 0 bridgehead atoms. The molecule has 4 heteroatoms.